The fourth-order valence-electron chi connectivity index (χ4n) is 0.421. The smallest absolute Gasteiger partial charge is 0.133 e. The lowest BCUT2D eigenvalue weighted by Crippen LogP contribution is -1.75. The first-order valence-corrected chi connectivity index (χ1v) is 2.67. The molecule has 0 aliphatic heterocycles. The van der Waals surface area contributed by atoms with Crippen LogP contribution < -0.4 is 0 Å². The first-order chi connectivity index (χ1) is 4.22. The van der Waals surface area contributed by atoms with Gasteiger partial charge in [0.25, 0.3) is 0 Å². The zero-order valence-electron chi connectivity index (χ0n) is 5.32. The van der Waals surface area contributed by atoms with E-state index in [1.807, 2.05) is 6.92 Å². The van der Waals surface area contributed by atoms with Crippen LogP contribution in [0.5, 0.6) is 0 Å². The standard InChI is InChI=1S/C7H8FN/c1-3-4-7(5-9)6(2)8/h4H,2-3H2,1H3/b7-4-. The Kier molecular flexibility index (Phi) is 3.38. The van der Waals surface area contributed by atoms with E-state index in [4.69, 9.17) is 5.26 Å². The van der Waals surface area contributed by atoms with Crippen LogP contribution in [0.25, 0.3) is 0 Å². The minimum absolute atomic E-state index is 0.0394. The molecule has 0 aliphatic rings. The van der Waals surface area contributed by atoms with Crippen molar-refractivity contribution in [1.29, 1.82) is 5.26 Å². The first kappa shape index (κ1) is 7.90. The molecule has 0 radical (unpaired) electrons. The Morgan fingerprint density at radius 2 is 2.44 bits per heavy atom. The minimum atomic E-state index is -0.653. The highest BCUT2D eigenvalue weighted by molar-refractivity contribution is 5.35. The number of nitriles is 1. The van der Waals surface area contributed by atoms with Crippen LogP contribution in [0.1, 0.15) is 13.3 Å². The van der Waals surface area contributed by atoms with Crippen LogP contribution in [-0.4, -0.2) is 0 Å². The van der Waals surface area contributed by atoms with Crippen LogP contribution in [0.15, 0.2) is 24.1 Å². The monoisotopic (exact) mass is 125 g/mol. The fourth-order valence-corrected chi connectivity index (χ4v) is 0.421. The van der Waals surface area contributed by atoms with E-state index < -0.39 is 5.83 Å². The summed E-state index contributed by atoms with van der Waals surface area (Å²) in [6, 6.07) is 1.69. The highest BCUT2D eigenvalue weighted by atomic mass is 19.1. The van der Waals surface area contributed by atoms with E-state index in [0.29, 0.717) is 6.42 Å². The molecule has 2 heteroatoms. The van der Waals surface area contributed by atoms with Gasteiger partial charge in [0.1, 0.15) is 11.9 Å². The SMILES string of the molecule is C=C(F)/C(C#N)=C\CC. The molecule has 0 spiro atoms. The lowest BCUT2D eigenvalue weighted by molar-refractivity contribution is 0.661. The number of nitrogens with zero attached hydrogens (tertiary/aromatic N) is 1. The maximum absolute atomic E-state index is 12.1. The molecular weight excluding hydrogens is 117 g/mol. The van der Waals surface area contributed by atoms with Crippen molar-refractivity contribution in [2.45, 2.75) is 13.3 Å². The Bertz CT molecular complexity index is 174. The molecule has 0 amide bonds. The van der Waals surface area contributed by atoms with Crippen LogP contribution in [0.4, 0.5) is 4.39 Å². The molecule has 9 heavy (non-hydrogen) atoms. The molecule has 0 saturated carbocycles. The third-order valence-corrected chi connectivity index (χ3v) is 0.821. The van der Waals surface area contributed by atoms with Crippen molar-refractivity contribution in [1.82, 2.24) is 0 Å². The summed E-state index contributed by atoms with van der Waals surface area (Å²) < 4.78 is 12.1. The van der Waals surface area contributed by atoms with Gasteiger partial charge in [-0.05, 0) is 6.42 Å². The number of halogens is 1. The maximum Gasteiger partial charge on any atom is 0.133 e. The van der Waals surface area contributed by atoms with E-state index in [1.165, 1.54) is 6.08 Å². The largest absolute Gasteiger partial charge is 0.206 e. The molecule has 0 saturated heterocycles. The molecule has 0 bridgehead atoms. The second-order valence-corrected chi connectivity index (χ2v) is 1.54. The van der Waals surface area contributed by atoms with Crippen LogP contribution in [0.3, 0.4) is 0 Å². The zero-order valence-corrected chi connectivity index (χ0v) is 5.32. The summed E-state index contributed by atoms with van der Waals surface area (Å²) in [4.78, 5) is 0. The summed E-state index contributed by atoms with van der Waals surface area (Å²) >= 11 is 0. The third kappa shape index (κ3) is 2.65. The van der Waals surface area contributed by atoms with Crippen molar-refractivity contribution in [3.05, 3.63) is 24.1 Å². The van der Waals surface area contributed by atoms with E-state index in [9.17, 15) is 4.39 Å². The number of rotatable bonds is 2. The summed E-state index contributed by atoms with van der Waals surface area (Å²) in [7, 11) is 0. The predicted molar refractivity (Wildman–Crippen MR) is 34.2 cm³/mol. The van der Waals surface area contributed by atoms with Crippen LogP contribution in [-0.2, 0) is 0 Å². The van der Waals surface area contributed by atoms with Crippen molar-refractivity contribution in [3.8, 4) is 6.07 Å². The van der Waals surface area contributed by atoms with Gasteiger partial charge in [-0.25, -0.2) is 4.39 Å². The topological polar surface area (TPSA) is 23.8 Å². The lowest BCUT2D eigenvalue weighted by Gasteiger charge is -1.87. The Morgan fingerprint density at radius 1 is 1.89 bits per heavy atom. The second kappa shape index (κ2) is 3.85. The van der Waals surface area contributed by atoms with Crippen LogP contribution >= 0.6 is 0 Å². The van der Waals surface area contributed by atoms with E-state index in [2.05, 4.69) is 6.58 Å². The predicted octanol–water partition coefficient (Wildman–Crippen LogP) is 2.33. The highest BCUT2D eigenvalue weighted by Gasteiger charge is 1.95. The third-order valence-electron chi connectivity index (χ3n) is 0.821. The minimum Gasteiger partial charge on any atom is -0.206 e. The number of hydrogen-bond acceptors (Lipinski definition) is 1. The molecule has 0 unspecified atom stereocenters. The summed E-state index contributed by atoms with van der Waals surface area (Å²) in [6.07, 6.45) is 2.16. The average Bonchev–Trinajstić information content (AvgIpc) is 1.82. The summed E-state index contributed by atoms with van der Waals surface area (Å²) in [5.74, 6) is -0.653. The van der Waals surface area contributed by atoms with E-state index in [-0.39, 0.29) is 5.57 Å². The Morgan fingerprint density at radius 3 is 2.56 bits per heavy atom. The molecule has 48 valence electrons. The van der Waals surface area contributed by atoms with Crippen molar-refractivity contribution >= 4 is 0 Å². The van der Waals surface area contributed by atoms with Gasteiger partial charge in [-0.2, -0.15) is 5.26 Å². The van der Waals surface area contributed by atoms with Gasteiger partial charge in [0.15, 0.2) is 0 Å². The Hall–Kier alpha value is -1.10. The Balaban J connectivity index is 4.20. The van der Waals surface area contributed by atoms with E-state index in [0.717, 1.165) is 0 Å². The maximum atomic E-state index is 12.1. The van der Waals surface area contributed by atoms with Gasteiger partial charge in [0, 0.05) is 0 Å². The van der Waals surface area contributed by atoms with Gasteiger partial charge in [-0.15, -0.1) is 0 Å². The average molecular weight is 125 g/mol. The van der Waals surface area contributed by atoms with Gasteiger partial charge in [0.2, 0.25) is 0 Å². The molecule has 0 rings (SSSR count). The normalized spacial score (nSPS) is 10.6. The number of hydrogen-bond donors (Lipinski definition) is 0. The molecule has 0 atom stereocenters. The molecule has 0 aliphatic carbocycles. The van der Waals surface area contributed by atoms with Crippen molar-refractivity contribution in [3.63, 3.8) is 0 Å². The molecule has 0 aromatic carbocycles. The quantitative estimate of drug-likeness (QED) is 0.410. The molecule has 0 N–H and O–H groups in total. The summed E-state index contributed by atoms with van der Waals surface area (Å²) in [6.45, 7) is 4.82. The fraction of sp³-hybridized carbons (Fsp3) is 0.286. The lowest BCUT2D eigenvalue weighted by atomic mass is 10.2. The zero-order chi connectivity index (χ0) is 7.28. The molecular formula is C7H8FN. The van der Waals surface area contributed by atoms with E-state index >= 15 is 0 Å². The van der Waals surface area contributed by atoms with Crippen molar-refractivity contribution in [2.24, 2.45) is 0 Å². The van der Waals surface area contributed by atoms with Crippen molar-refractivity contribution < 1.29 is 4.39 Å². The van der Waals surface area contributed by atoms with Gasteiger partial charge >= 0.3 is 0 Å². The first-order valence-electron chi connectivity index (χ1n) is 2.67. The molecule has 0 fully saturated rings. The van der Waals surface area contributed by atoms with Crippen LogP contribution in [0.2, 0.25) is 0 Å². The van der Waals surface area contributed by atoms with Gasteiger partial charge in [-0.1, -0.05) is 19.6 Å². The number of allylic oxidation sites excluding steroid dienone is 3. The van der Waals surface area contributed by atoms with Crippen LogP contribution in [0, 0.1) is 11.3 Å². The highest BCUT2D eigenvalue weighted by Crippen LogP contribution is 2.07. The molecule has 1 nitrogen and oxygen atoms in total. The molecule has 0 aromatic heterocycles. The van der Waals surface area contributed by atoms with E-state index in [1.54, 1.807) is 6.07 Å². The van der Waals surface area contributed by atoms with Crippen molar-refractivity contribution in [2.75, 3.05) is 0 Å². The van der Waals surface area contributed by atoms with Gasteiger partial charge in [-0.3, -0.25) is 0 Å². The van der Waals surface area contributed by atoms with Gasteiger partial charge < -0.3 is 0 Å². The summed E-state index contributed by atoms with van der Waals surface area (Å²) in [5.41, 5.74) is 0.0394. The molecule has 0 aromatic rings. The molecule has 0 heterocycles. The Labute approximate surface area is 54.1 Å². The second-order valence-electron chi connectivity index (χ2n) is 1.54. The summed E-state index contributed by atoms with van der Waals surface area (Å²) in [5, 5.41) is 8.21. The van der Waals surface area contributed by atoms with Gasteiger partial charge in [0.05, 0.1) is 5.57 Å².